The molecule has 1 amide bonds. The fourth-order valence-corrected chi connectivity index (χ4v) is 3.58. The molecule has 1 saturated heterocycles. The Bertz CT molecular complexity index is 703. The van der Waals surface area contributed by atoms with Crippen LogP contribution in [0.1, 0.15) is 37.2 Å². The maximum absolute atomic E-state index is 12.7. The van der Waals surface area contributed by atoms with E-state index in [1.165, 1.54) is 5.69 Å². The fourth-order valence-electron chi connectivity index (χ4n) is 3.58. The van der Waals surface area contributed by atoms with Gasteiger partial charge in [0.05, 0.1) is 11.9 Å². The molecule has 0 N–H and O–H groups in total. The molecule has 1 aromatic carbocycles. The summed E-state index contributed by atoms with van der Waals surface area (Å²) in [6.45, 7) is 9.68. The standard InChI is InChI=1S/C22H30N4O/c1-3-12-26(13-4-2)22(27)21-11-10-20(18-23-21)25-16-14-24(15-17-25)19-8-6-5-7-9-19/h5-11,18H,3-4,12-17H2,1-2H3. The van der Waals surface area contributed by atoms with Gasteiger partial charge < -0.3 is 14.7 Å². The van der Waals surface area contributed by atoms with Gasteiger partial charge in [0.2, 0.25) is 0 Å². The molecule has 5 heteroatoms. The van der Waals surface area contributed by atoms with E-state index >= 15 is 0 Å². The van der Waals surface area contributed by atoms with Crippen LogP contribution >= 0.6 is 0 Å². The van der Waals surface area contributed by atoms with Gasteiger partial charge in [0.15, 0.2) is 0 Å². The molecule has 0 aliphatic carbocycles. The molecule has 0 saturated carbocycles. The quantitative estimate of drug-likeness (QED) is 0.750. The normalized spacial score (nSPS) is 14.3. The molecule has 1 aromatic heterocycles. The van der Waals surface area contributed by atoms with Gasteiger partial charge in [-0.15, -0.1) is 0 Å². The van der Waals surface area contributed by atoms with Crippen molar-refractivity contribution in [3.05, 3.63) is 54.4 Å². The summed E-state index contributed by atoms with van der Waals surface area (Å²) in [6, 6.07) is 14.5. The summed E-state index contributed by atoms with van der Waals surface area (Å²) in [5.74, 6) is 0.0409. The molecule has 0 atom stereocenters. The molecule has 2 heterocycles. The van der Waals surface area contributed by atoms with Gasteiger partial charge in [0, 0.05) is 45.0 Å². The number of benzene rings is 1. The van der Waals surface area contributed by atoms with Crippen molar-refractivity contribution >= 4 is 17.3 Å². The molecule has 3 rings (SSSR count). The highest BCUT2D eigenvalue weighted by Crippen LogP contribution is 2.20. The lowest BCUT2D eigenvalue weighted by atomic mass is 10.2. The smallest absolute Gasteiger partial charge is 0.272 e. The first-order valence-electron chi connectivity index (χ1n) is 10.0. The summed E-state index contributed by atoms with van der Waals surface area (Å²) in [6.07, 6.45) is 3.78. The summed E-state index contributed by atoms with van der Waals surface area (Å²) in [7, 11) is 0. The van der Waals surface area contributed by atoms with Gasteiger partial charge in [-0.05, 0) is 37.1 Å². The number of carbonyl (C=O) groups is 1. The average Bonchev–Trinajstić information content (AvgIpc) is 2.74. The molecule has 0 bridgehead atoms. The van der Waals surface area contributed by atoms with Crippen molar-refractivity contribution in [2.24, 2.45) is 0 Å². The second-order valence-electron chi connectivity index (χ2n) is 7.00. The summed E-state index contributed by atoms with van der Waals surface area (Å²) in [4.78, 5) is 23.8. The van der Waals surface area contributed by atoms with Gasteiger partial charge in [-0.3, -0.25) is 4.79 Å². The topological polar surface area (TPSA) is 39.7 Å². The predicted octanol–water partition coefficient (Wildman–Crippen LogP) is 3.67. The zero-order valence-corrected chi connectivity index (χ0v) is 16.5. The van der Waals surface area contributed by atoms with Crippen LogP contribution in [0.25, 0.3) is 0 Å². The van der Waals surface area contributed by atoms with Crippen LogP contribution in [-0.4, -0.2) is 55.1 Å². The highest BCUT2D eigenvalue weighted by molar-refractivity contribution is 5.92. The van der Waals surface area contributed by atoms with Gasteiger partial charge in [0.1, 0.15) is 5.69 Å². The average molecular weight is 367 g/mol. The summed E-state index contributed by atoms with van der Waals surface area (Å²) >= 11 is 0. The number of anilines is 2. The minimum absolute atomic E-state index is 0.0409. The number of hydrogen-bond acceptors (Lipinski definition) is 4. The zero-order valence-electron chi connectivity index (χ0n) is 16.5. The third kappa shape index (κ3) is 4.79. The van der Waals surface area contributed by atoms with Crippen LogP contribution in [0.3, 0.4) is 0 Å². The van der Waals surface area contributed by atoms with E-state index in [2.05, 4.69) is 59.0 Å². The van der Waals surface area contributed by atoms with Gasteiger partial charge >= 0.3 is 0 Å². The monoisotopic (exact) mass is 366 g/mol. The van der Waals surface area contributed by atoms with E-state index in [-0.39, 0.29) is 5.91 Å². The molecule has 0 radical (unpaired) electrons. The molecule has 0 spiro atoms. The maximum atomic E-state index is 12.7. The van der Waals surface area contributed by atoms with E-state index in [4.69, 9.17) is 0 Å². The Morgan fingerprint density at radius 3 is 2.00 bits per heavy atom. The van der Waals surface area contributed by atoms with Crippen molar-refractivity contribution in [2.45, 2.75) is 26.7 Å². The molecule has 27 heavy (non-hydrogen) atoms. The van der Waals surface area contributed by atoms with Crippen LogP contribution < -0.4 is 9.80 Å². The molecule has 1 aliphatic heterocycles. The van der Waals surface area contributed by atoms with Crippen LogP contribution in [0.15, 0.2) is 48.7 Å². The minimum Gasteiger partial charge on any atom is -0.368 e. The van der Waals surface area contributed by atoms with Crippen molar-refractivity contribution in [2.75, 3.05) is 49.1 Å². The summed E-state index contributed by atoms with van der Waals surface area (Å²) < 4.78 is 0. The van der Waals surface area contributed by atoms with Crippen LogP contribution in [0.5, 0.6) is 0 Å². The molecular formula is C22H30N4O. The Morgan fingerprint density at radius 2 is 1.48 bits per heavy atom. The first-order valence-corrected chi connectivity index (χ1v) is 10.0. The van der Waals surface area contributed by atoms with Gasteiger partial charge in [-0.25, -0.2) is 4.98 Å². The van der Waals surface area contributed by atoms with Gasteiger partial charge in [-0.1, -0.05) is 32.0 Å². The van der Waals surface area contributed by atoms with E-state index in [1.807, 2.05) is 23.2 Å². The number of carbonyl (C=O) groups excluding carboxylic acids is 1. The lowest BCUT2D eigenvalue weighted by Gasteiger charge is -2.37. The number of aromatic nitrogens is 1. The molecule has 1 fully saturated rings. The van der Waals surface area contributed by atoms with E-state index in [0.29, 0.717) is 5.69 Å². The number of rotatable bonds is 7. The summed E-state index contributed by atoms with van der Waals surface area (Å²) in [5.41, 5.74) is 2.92. The Morgan fingerprint density at radius 1 is 0.889 bits per heavy atom. The van der Waals surface area contributed by atoms with Crippen LogP contribution in [0, 0.1) is 0 Å². The fraction of sp³-hybridized carbons (Fsp3) is 0.455. The maximum Gasteiger partial charge on any atom is 0.272 e. The number of piperazine rings is 1. The van der Waals surface area contributed by atoms with E-state index in [0.717, 1.165) is 57.8 Å². The number of hydrogen-bond donors (Lipinski definition) is 0. The number of pyridine rings is 1. The number of amides is 1. The van der Waals surface area contributed by atoms with Gasteiger partial charge in [-0.2, -0.15) is 0 Å². The van der Waals surface area contributed by atoms with Crippen molar-refractivity contribution in [1.82, 2.24) is 9.88 Å². The Balaban J connectivity index is 1.60. The molecule has 0 unspecified atom stereocenters. The molecule has 1 aliphatic rings. The third-order valence-electron chi connectivity index (χ3n) is 5.01. The van der Waals surface area contributed by atoms with E-state index in [1.54, 1.807) is 0 Å². The first kappa shape index (κ1) is 19.2. The van der Waals surface area contributed by atoms with Crippen molar-refractivity contribution in [3.8, 4) is 0 Å². The Labute approximate surface area is 162 Å². The first-order chi connectivity index (χ1) is 13.2. The Hall–Kier alpha value is -2.56. The van der Waals surface area contributed by atoms with Gasteiger partial charge in [0.25, 0.3) is 5.91 Å². The highest BCUT2D eigenvalue weighted by atomic mass is 16.2. The van der Waals surface area contributed by atoms with Crippen molar-refractivity contribution in [1.29, 1.82) is 0 Å². The van der Waals surface area contributed by atoms with Crippen molar-refractivity contribution < 1.29 is 4.79 Å². The largest absolute Gasteiger partial charge is 0.368 e. The van der Waals surface area contributed by atoms with Crippen LogP contribution in [0.2, 0.25) is 0 Å². The van der Waals surface area contributed by atoms with E-state index < -0.39 is 0 Å². The van der Waals surface area contributed by atoms with E-state index in [9.17, 15) is 4.79 Å². The number of nitrogens with zero attached hydrogens (tertiary/aromatic N) is 4. The lowest BCUT2D eigenvalue weighted by molar-refractivity contribution is 0.0749. The van der Waals surface area contributed by atoms with Crippen LogP contribution in [-0.2, 0) is 0 Å². The van der Waals surface area contributed by atoms with Crippen LogP contribution in [0.4, 0.5) is 11.4 Å². The second kappa shape index (κ2) is 9.40. The Kier molecular flexibility index (Phi) is 6.69. The molecule has 144 valence electrons. The van der Waals surface area contributed by atoms with Crippen molar-refractivity contribution in [3.63, 3.8) is 0 Å². The number of para-hydroxylation sites is 1. The predicted molar refractivity (Wildman–Crippen MR) is 112 cm³/mol. The third-order valence-corrected chi connectivity index (χ3v) is 5.01. The summed E-state index contributed by atoms with van der Waals surface area (Å²) in [5, 5.41) is 0. The molecular weight excluding hydrogens is 336 g/mol. The minimum atomic E-state index is 0.0409. The SMILES string of the molecule is CCCN(CCC)C(=O)c1ccc(N2CCN(c3ccccc3)CC2)cn1. The highest BCUT2D eigenvalue weighted by Gasteiger charge is 2.19. The lowest BCUT2D eigenvalue weighted by Crippen LogP contribution is -2.46. The second-order valence-corrected chi connectivity index (χ2v) is 7.00. The molecule has 5 nitrogen and oxygen atoms in total. The molecule has 2 aromatic rings. The zero-order chi connectivity index (χ0) is 19.1.